The number of amides is 2. The molecule has 0 aliphatic carbocycles. The lowest BCUT2D eigenvalue weighted by Crippen LogP contribution is -2.58. The zero-order chi connectivity index (χ0) is 35.5. The molecule has 0 saturated carbocycles. The van der Waals surface area contributed by atoms with Crippen LogP contribution in [0.2, 0.25) is 0 Å². The molecule has 3 aromatic carbocycles. The highest BCUT2D eigenvalue weighted by atomic mass is 32.2. The number of carboxylic acid groups (broad SMARTS) is 1. The molecule has 0 spiro atoms. The van der Waals surface area contributed by atoms with Crippen LogP contribution in [0, 0.1) is 5.92 Å². The smallest absolute Gasteiger partial charge is 0.408 e. The van der Waals surface area contributed by atoms with Crippen LogP contribution in [0.5, 0.6) is 0 Å². The molecule has 0 aliphatic heterocycles. The van der Waals surface area contributed by atoms with E-state index < -0.39 is 62.5 Å². The Bertz CT molecular complexity index is 1740. The number of aliphatic hydroxyl groups is 1. The molecule has 3 aromatic rings. The van der Waals surface area contributed by atoms with Crippen molar-refractivity contribution < 1.29 is 41.8 Å². The lowest BCUT2D eigenvalue weighted by Gasteiger charge is -2.33. The molecular weight excluding hydrogens is 663 g/mol. The number of rotatable bonds is 17. The maximum atomic E-state index is 13.8. The molecule has 3 rings (SSSR count). The van der Waals surface area contributed by atoms with Gasteiger partial charge in [-0.25, -0.2) is 26.8 Å². The number of aliphatic hydroxyl groups excluding tert-OH is 1. The number of nitrogens with zero attached hydrogens (tertiary/aromatic N) is 3. The van der Waals surface area contributed by atoms with Gasteiger partial charge in [0.1, 0.15) is 6.04 Å². The van der Waals surface area contributed by atoms with Gasteiger partial charge in [-0.2, -0.15) is 4.31 Å². The maximum absolute atomic E-state index is 13.8. The first-order valence-electron chi connectivity index (χ1n) is 14.9. The normalized spacial score (nSPS) is 14.1. The Kier molecular flexibility index (Phi) is 13.6. The molecule has 16 heteroatoms. The Morgan fingerprint density at radius 2 is 1.46 bits per heavy atom. The van der Waals surface area contributed by atoms with E-state index >= 15 is 0 Å². The molecule has 0 bridgehead atoms. The van der Waals surface area contributed by atoms with Crippen molar-refractivity contribution in [3.05, 3.63) is 102 Å². The second kappa shape index (κ2) is 17.2. The molecule has 0 saturated heterocycles. The largest absolute Gasteiger partial charge is 0.465 e. The van der Waals surface area contributed by atoms with Crippen LogP contribution in [0.3, 0.4) is 0 Å². The molecule has 260 valence electrons. The quantitative estimate of drug-likeness (QED) is 0.0788. The van der Waals surface area contributed by atoms with Gasteiger partial charge in [0, 0.05) is 19.6 Å². The Balaban J connectivity index is 1.98. The van der Waals surface area contributed by atoms with Gasteiger partial charge in [-0.3, -0.25) is 9.69 Å². The minimum atomic E-state index is -4.38. The Hall–Kier alpha value is -4.35. The zero-order valence-electron chi connectivity index (χ0n) is 26.5. The number of benzene rings is 3. The first-order valence-corrected chi connectivity index (χ1v) is 18.1. The summed E-state index contributed by atoms with van der Waals surface area (Å²) in [6.45, 7) is 2.79. The summed E-state index contributed by atoms with van der Waals surface area (Å²) in [4.78, 5) is 26.8. The average Bonchev–Trinajstić information content (AvgIpc) is 3.02. The third-order valence-corrected chi connectivity index (χ3v) is 9.91. The number of nitrogens with two attached hydrogens (primary N) is 1. The fourth-order valence-electron chi connectivity index (χ4n) is 5.00. The van der Waals surface area contributed by atoms with E-state index in [1.54, 1.807) is 74.5 Å². The van der Waals surface area contributed by atoms with Crippen LogP contribution in [0.25, 0.3) is 0 Å². The second-order valence-corrected chi connectivity index (χ2v) is 15.2. The van der Waals surface area contributed by atoms with E-state index in [1.807, 2.05) is 0 Å². The van der Waals surface area contributed by atoms with E-state index in [4.69, 9.17) is 10.3 Å². The molecule has 0 heterocycles. The molecule has 0 aliphatic rings. The number of hydrogen-bond donors (Lipinski definition) is 5. The van der Waals surface area contributed by atoms with Crippen molar-refractivity contribution in [1.82, 2.24) is 14.5 Å². The van der Waals surface area contributed by atoms with Crippen LogP contribution in [0.4, 0.5) is 4.79 Å². The number of oxime groups is 1. The van der Waals surface area contributed by atoms with Crippen molar-refractivity contribution in [1.29, 1.82) is 0 Å². The first-order chi connectivity index (χ1) is 22.6. The van der Waals surface area contributed by atoms with Gasteiger partial charge in [0.05, 0.1) is 29.0 Å². The molecule has 0 fully saturated rings. The van der Waals surface area contributed by atoms with Gasteiger partial charge in [0.2, 0.25) is 26.0 Å². The molecule has 0 unspecified atom stereocenters. The Morgan fingerprint density at radius 3 is 1.96 bits per heavy atom. The standard InChI is InChI=1S/C32H41N5O9S2/c1-23(2)19-36(48(45,46)27-15-13-25(14-16-27)18-34-42)21-30(38)28(17-24-9-5-3-6-10-24)35-31(39)29(22-47(33,43)44)37(32(40)41)20-26-11-7-4-8-12-26/h3-16,18,23,28-30,38,42H,17,19-22H2,1-2H3,(H,35,39)(H,40,41)(H2,33,43,44)/b34-18+/t28-,29-,30+/m0/s1. The molecule has 48 heavy (non-hydrogen) atoms. The molecule has 2 amide bonds. The predicted molar refractivity (Wildman–Crippen MR) is 179 cm³/mol. The number of carbonyl (C=O) groups excluding carboxylic acids is 1. The average molecular weight is 704 g/mol. The van der Waals surface area contributed by atoms with Crippen LogP contribution in [0.15, 0.2) is 95.0 Å². The van der Waals surface area contributed by atoms with E-state index in [0.29, 0.717) is 21.6 Å². The van der Waals surface area contributed by atoms with Gasteiger partial charge >= 0.3 is 6.09 Å². The Morgan fingerprint density at radius 1 is 0.896 bits per heavy atom. The summed E-state index contributed by atoms with van der Waals surface area (Å²) < 4.78 is 53.1. The van der Waals surface area contributed by atoms with Crippen LogP contribution in [-0.4, -0.2) is 96.7 Å². The fraction of sp³-hybridized carbons (Fsp3) is 0.344. The van der Waals surface area contributed by atoms with Crippen molar-refractivity contribution in [2.75, 3.05) is 18.8 Å². The van der Waals surface area contributed by atoms with Crippen molar-refractivity contribution in [3.8, 4) is 0 Å². The minimum Gasteiger partial charge on any atom is -0.465 e. The summed E-state index contributed by atoms with van der Waals surface area (Å²) in [5.74, 6) is -2.25. The summed E-state index contributed by atoms with van der Waals surface area (Å²) >= 11 is 0. The number of sulfonamides is 2. The summed E-state index contributed by atoms with van der Waals surface area (Å²) in [5, 5.41) is 41.2. The maximum Gasteiger partial charge on any atom is 0.408 e. The van der Waals surface area contributed by atoms with Gasteiger partial charge in [-0.1, -0.05) is 91.8 Å². The third kappa shape index (κ3) is 11.4. The summed E-state index contributed by atoms with van der Waals surface area (Å²) in [7, 11) is -8.57. The van der Waals surface area contributed by atoms with E-state index in [9.17, 15) is 36.6 Å². The molecule has 3 atom stereocenters. The molecule has 0 radical (unpaired) electrons. The van der Waals surface area contributed by atoms with Gasteiger partial charge in [0.25, 0.3) is 0 Å². The lowest BCUT2D eigenvalue weighted by molar-refractivity contribution is -0.127. The highest BCUT2D eigenvalue weighted by molar-refractivity contribution is 7.89. The Labute approximate surface area is 280 Å². The summed E-state index contributed by atoms with van der Waals surface area (Å²) in [5.41, 5.74) is 1.59. The number of primary sulfonamides is 1. The van der Waals surface area contributed by atoms with Gasteiger partial charge in [-0.15, -0.1) is 0 Å². The summed E-state index contributed by atoms with van der Waals surface area (Å²) in [6.07, 6.45) is -1.98. The monoisotopic (exact) mass is 703 g/mol. The van der Waals surface area contributed by atoms with Crippen molar-refractivity contribution in [2.45, 2.75) is 49.9 Å². The predicted octanol–water partition coefficient (Wildman–Crippen LogP) is 2.07. The van der Waals surface area contributed by atoms with Crippen molar-refractivity contribution in [2.24, 2.45) is 16.2 Å². The SMILES string of the molecule is CC(C)CN(C[C@@H](O)[C@H](Cc1ccccc1)NC(=O)[C@H](CS(N)(=O)=O)N(Cc1ccccc1)C(=O)O)S(=O)(=O)c1ccc(/C=N/O)cc1. The highest BCUT2D eigenvalue weighted by Gasteiger charge is 2.37. The number of nitrogens with one attached hydrogen (secondary N) is 1. The fourth-order valence-corrected chi connectivity index (χ4v) is 7.40. The second-order valence-electron chi connectivity index (χ2n) is 11.6. The van der Waals surface area contributed by atoms with Gasteiger partial charge in [-0.05, 0) is 41.2 Å². The van der Waals surface area contributed by atoms with E-state index in [1.165, 1.54) is 24.3 Å². The lowest BCUT2D eigenvalue weighted by atomic mass is 10.00. The number of hydrogen-bond acceptors (Lipinski definition) is 9. The van der Waals surface area contributed by atoms with Crippen LogP contribution in [0.1, 0.15) is 30.5 Å². The van der Waals surface area contributed by atoms with Gasteiger partial charge in [0.15, 0.2) is 0 Å². The van der Waals surface area contributed by atoms with Crippen molar-refractivity contribution in [3.63, 3.8) is 0 Å². The van der Waals surface area contributed by atoms with Crippen LogP contribution >= 0.6 is 0 Å². The first kappa shape index (κ1) is 38.1. The van der Waals surface area contributed by atoms with E-state index in [2.05, 4.69) is 10.5 Å². The number of carbonyl (C=O) groups is 2. The highest BCUT2D eigenvalue weighted by Crippen LogP contribution is 2.20. The third-order valence-electron chi connectivity index (χ3n) is 7.29. The molecule has 6 N–H and O–H groups in total. The van der Waals surface area contributed by atoms with Gasteiger partial charge < -0.3 is 20.7 Å². The zero-order valence-corrected chi connectivity index (χ0v) is 28.2. The van der Waals surface area contributed by atoms with Crippen LogP contribution < -0.4 is 10.5 Å². The van der Waals surface area contributed by atoms with Crippen molar-refractivity contribution >= 4 is 38.3 Å². The molecule has 14 nitrogen and oxygen atoms in total. The molecule has 0 aromatic heterocycles. The summed E-state index contributed by atoms with van der Waals surface area (Å²) in [6, 6.07) is 19.5. The topological polar surface area (TPSA) is 220 Å². The van der Waals surface area contributed by atoms with E-state index in [-0.39, 0.29) is 30.3 Å². The minimum absolute atomic E-state index is 0.00313. The van der Waals surface area contributed by atoms with E-state index in [0.717, 1.165) is 10.5 Å². The van der Waals surface area contributed by atoms with Crippen LogP contribution in [-0.2, 0) is 37.8 Å². The molecular formula is C32H41N5O9S2.